The number of rotatable bonds is 9. The number of carbonyl (C=O) groups is 1. The molecule has 4 aromatic rings. The third kappa shape index (κ3) is 6.36. The van der Waals surface area contributed by atoms with Crippen LogP contribution < -0.4 is 25.3 Å². The maximum Gasteiger partial charge on any atom is 0.263 e. The van der Waals surface area contributed by atoms with E-state index in [0.29, 0.717) is 17.9 Å². The number of nitrogens with zero attached hydrogens (tertiary/aromatic N) is 3. The summed E-state index contributed by atoms with van der Waals surface area (Å²) in [6, 6.07) is 16.2. The predicted molar refractivity (Wildman–Crippen MR) is 158 cm³/mol. The van der Waals surface area contributed by atoms with Gasteiger partial charge in [0.2, 0.25) is 17.4 Å². The molecule has 3 aromatic carbocycles. The minimum absolute atomic E-state index is 0.0236. The Hall–Kier alpha value is -5.72. The zero-order valence-corrected chi connectivity index (χ0v) is 23.9. The zero-order valence-electron chi connectivity index (χ0n) is 23.9. The van der Waals surface area contributed by atoms with Gasteiger partial charge in [-0.15, -0.1) is 0 Å². The number of benzene rings is 3. The maximum absolute atomic E-state index is 15.9. The Morgan fingerprint density at radius 2 is 1.66 bits per heavy atom. The number of amides is 1. The van der Waals surface area contributed by atoms with Crippen molar-refractivity contribution in [3.05, 3.63) is 95.1 Å². The number of nitrogens with one attached hydrogen (secondary N) is 2. The van der Waals surface area contributed by atoms with E-state index in [4.69, 9.17) is 25.4 Å². The summed E-state index contributed by atoms with van der Waals surface area (Å²) in [5.41, 5.74) is 6.61. The molecule has 0 aliphatic carbocycles. The number of nitrogen functional groups attached to an aromatic ring is 1. The van der Waals surface area contributed by atoms with E-state index in [1.165, 1.54) is 47.4 Å². The second-order valence-electron chi connectivity index (χ2n) is 10.0. The molecule has 1 aliphatic heterocycles. The number of aromatic hydroxyl groups is 1. The van der Waals surface area contributed by atoms with Crippen molar-refractivity contribution in [2.75, 3.05) is 20.6 Å². The van der Waals surface area contributed by atoms with Gasteiger partial charge in [-0.2, -0.15) is 13.8 Å². The van der Waals surface area contributed by atoms with Gasteiger partial charge in [0.15, 0.2) is 11.5 Å². The number of halogens is 2. The molecule has 1 atom stereocenters. The number of phenolic OH excluding ortho intramolecular Hbond substituents is 1. The first kappa shape index (κ1) is 29.8. The van der Waals surface area contributed by atoms with Crippen LogP contribution in [0.4, 0.5) is 8.78 Å². The molecule has 1 aromatic heterocycles. The van der Waals surface area contributed by atoms with Crippen molar-refractivity contribution < 1.29 is 32.9 Å². The molecular formula is C31H28F2N6O5. The fourth-order valence-electron chi connectivity index (χ4n) is 4.19. The molecule has 2 heterocycles. The number of carbonyl (C=O) groups excluding carboxylic acids is 1. The summed E-state index contributed by atoms with van der Waals surface area (Å²) in [7, 11) is 3.15. The van der Waals surface area contributed by atoms with Crippen LogP contribution in [0.3, 0.4) is 0 Å². The molecule has 44 heavy (non-hydrogen) atoms. The van der Waals surface area contributed by atoms with Crippen LogP contribution in [-0.2, 0) is 0 Å². The quantitative estimate of drug-likeness (QED) is 0.151. The fraction of sp³-hybridized carbons (Fsp3) is 0.161. The van der Waals surface area contributed by atoms with E-state index in [2.05, 4.69) is 15.3 Å². The summed E-state index contributed by atoms with van der Waals surface area (Å²) >= 11 is 0. The van der Waals surface area contributed by atoms with E-state index in [-0.39, 0.29) is 46.2 Å². The van der Waals surface area contributed by atoms with Crippen LogP contribution in [0.2, 0.25) is 0 Å². The number of aromatic nitrogens is 1. The van der Waals surface area contributed by atoms with Gasteiger partial charge in [-0.3, -0.25) is 15.2 Å². The summed E-state index contributed by atoms with van der Waals surface area (Å²) < 4.78 is 48.7. The molecule has 11 nitrogen and oxygen atoms in total. The molecule has 1 amide bonds. The van der Waals surface area contributed by atoms with Crippen molar-refractivity contribution in [2.45, 2.75) is 13.0 Å². The number of amidine groups is 2. The van der Waals surface area contributed by atoms with Crippen molar-refractivity contribution in [2.24, 2.45) is 10.7 Å². The Balaban J connectivity index is 1.57. The molecule has 0 saturated carbocycles. The van der Waals surface area contributed by atoms with Crippen molar-refractivity contribution in [3.63, 3.8) is 0 Å². The van der Waals surface area contributed by atoms with Crippen LogP contribution in [0.5, 0.6) is 40.5 Å². The third-order valence-electron chi connectivity index (χ3n) is 6.40. The van der Waals surface area contributed by atoms with Gasteiger partial charge in [-0.05, 0) is 55.5 Å². The minimum Gasteiger partial charge on any atom is -0.504 e. The molecule has 0 fully saturated rings. The number of pyridine rings is 1. The van der Waals surface area contributed by atoms with E-state index in [1.54, 1.807) is 38.4 Å². The van der Waals surface area contributed by atoms with E-state index in [0.717, 1.165) is 0 Å². The second-order valence-corrected chi connectivity index (χ2v) is 10.0. The molecule has 0 radical (unpaired) electrons. The lowest BCUT2D eigenvalue weighted by molar-refractivity contribution is 0.0827. The standard InChI is InChI=1S/C31H28F2N6O5/c1-16-15-36-28(37-16)18-6-4-8-20(12-18)42-26-24(32)29(43-21-9-5-7-19(13-21)31(41)39(2)3)38-30(25(26)33)44-23-14-17(27(34)35)10-11-22(23)40/h4-14,16,40H,15H2,1-3H3,(H3,34,35)(H,36,37). The third-order valence-corrected chi connectivity index (χ3v) is 6.40. The van der Waals surface area contributed by atoms with E-state index in [9.17, 15) is 9.90 Å². The van der Waals surface area contributed by atoms with Gasteiger partial charge in [0.25, 0.3) is 17.7 Å². The Morgan fingerprint density at radius 3 is 2.32 bits per heavy atom. The van der Waals surface area contributed by atoms with Gasteiger partial charge in [0.1, 0.15) is 23.2 Å². The summed E-state index contributed by atoms with van der Waals surface area (Å²) in [6.07, 6.45) is 0. The SMILES string of the molecule is CC1CNC(c2cccc(Oc3c(F)c(Oc4cccc(C(=O)N(C)C)c4)nc(Oc4cc(C(=N)N)ccc4O)c3F)c2)=N1. The average molecular weight is 603 g/mol. The topological polar surface area (TPSA) is 155 Å². The monoisotopic (exact) mass is 602 g/mol. The second kappa shape index (κ2) is 12.3. The highest BCUT2D eigenvalue weighted by molar-refractivity contribution is 6.00. The summed E-state index contributed by atoms with van der Waals surface area (Å²) in [4.78, 5) is 22.2. The number of phenols is 1. The van der Waals surface area contributed by atoms with E-state index in [1.807, 2.05) is 6.92 Å². The first-order valence-electron chi connectivity index (χ1n) is 13.3. The summed E-state index contributed by atoms with van der Waals surface area (Å²) in [6.45, 7) is 2.59. The first-order chi connectivity index (χ1) is 21.0. The molecule has 1 aliphatic rings. The molecule has 226 valence electrons. The lowest BCUT2D eigenvalue weighted by Crippen LogP contribution is -2.21. The molecule has 13 heteroatoms. The Bertz CT molecular complexity index is 1800. The van der Waals surface area contributed by atoms with Gasteiger partial charge >= 0.3 is 0 Å². The lowest BCUT2D eigenvalue weighted by atomic mass is 10.2. The molecule has 1 unspecified atom stereocenters. The van der Waals surface area contributed by atoms with Crippen molar-refractivity contribution in [1.29, 1.82) is 5.41 Å². The minimum atomic E-state index is -1.34. The van der Waals surface area contributed by atoms with Crippen molar-refractivity contribution in [3.8, 4) is 40.5 Å². The highest BCUT2D eigenvalue weighted by atomic mass is 19.1. The Morgan fingerprint density at radius 1 is 0.977 bits per heavy atom. The smallest absolute Gasteiger partial charge is 0.263 e. The van der Waals surface area contributed by atoms with Crippen LogP contribution in [-0.4, -0.2) is 59.3 Å². The number of ether oxygens (including phenoxy) is 3. The zero-order chi connectivity index (χ0) is 31.5. The highest BCUT2D eigenvalue weighted by Gasteiger charge is 2.27. The number of aliphatic imine (C=N–C) groups is 1. The van der Waals surface area contributed by atoms with Crippen LogP contribution in [0.1, 0.15) is 28.4 Å². The van der Waals surface area contributed by atoms with E-state index < -0.39 is 34.9 Å². The van der Waals surface area contributed by atoms with Crippen molar-refractivity contribution in [1.82, 2.24) is 15.2 Å². The van der Waals surface area contributed by atoms with Gasteiger partial charge in [0.05, 0.1) is 6.04 Å². The maximum atomic E-state index is 15.9. The number of hydrogen-bond donors (Lipinski definition) is 4. The lowest BCUT2D eigenvalue weighted by Gasteiger charge is -2.16. The molecule has 0 saturated heterocycles. The van der Waals surface area contributed by atoms with Crippen LogP contribution in [0.25, 0.3) is 0 Å². The predicted octanol–water partition coefficient (Wildman–Crippen LogP) is 5.17. The van der Waals surface area contributed by atoms with Crippen LogP contribution >= 0.6 is 0 Å². The highest BCUT2D eigenvalue weighted by Crippen LogP contribution is 2.41. The fourth-order valence-corrected chi connectivity index (χ4v) is 4.19. The average Bonchev–Trinajstić information content (AvgIpc) is 3.44. The molecule has 0 spiro atoms. The Labute approximate surface area is 251 Å². The van der Waals surface area contributed by atoms with E-state index >= 15 is 8.78 Å². The van der Waals surface area contributed by atoms with Gasteiger partial charge in [0, 0.05) is 37.3 Å². The largest absolute Gasteiger partial charge is 0.504 e. The first-order valence-corrected chi connectivity index (χ1v) is 13.3. The molecule has 5 N–H and O–H groups in total. The molecule has 5 rings (SSSR count). The van der Waals surface area contributed by atoms with Crippen LogP contribution in [0.15, 0.2) is 71.7 Å². The van der Waals surface area contributed by atoms with Gasteiger partial charge < -0.3 is 35.3 Å². The molecule has 0 bridgehead atoms. The number of hydrogen-bond acceptors (Lipinski definition) is 9. The summed E-state index contributed by atoms with van der Waals surface area (Å²) in [5.74, 6) is -5.77. The van der Waals surface area contributed by atoms with Gasteiger partial charge in [-0.1, -0.05) is 18.2 Å². The van der Waals surface area contributed by atoms with Gasteiger partial charge in [-0.25, -0.2) is 0 Å². The Kier molecular flexibility index (Phi) is 8.29. The number of nitrogens with two attached hydrogens (primary N) is 1. The summed E-state index contributed by atoms with van der Waals surface area (Å²) in [5, 5.41) is 21.2. The van der Waals surface area contributed by atoms with Crippen molar-refractivity contribution >= 4 is 17.6 Å². The molecular weight excluding hydrogens is 574 g/mol. The normalized spacial score (nSPS) is 13.9. The van der Waals surface area contributed by atoms with Crippen LogP contribution in [0, 0.1) is 17.0 Å².